The third-order valence-corrected chi connectivity index (χ3v) is 3.75. The number of aryl methyl sites for hydroxylation is 1. The van der Waals surface area contributed by atoms with Crippen LogP contribution in [-0.2, 0) is 16.1 Å². The van der Waals surface area contributed by atoms with Crippen LogP contribution in [0.5, 0.6) is 0 Å². The molecule has 18 heavy (non-hydrogen) atoms. The van der Waals surface area contributed by atoms with Gasteiger partial charge in [-0.25, -0.2) is 4.98 Å². The molecule has 1 aromatic rings. The van der Waals surface area contributed by atoms with E-state index in [0.29, 0.717) is 13.1 Å². The second-order valence-corrected chi connectivity index (χ2v) is 5.72. The Hall–Kier alpha value is -0.980. The number of amides is 1. The number of hydrogen-bond acceptors (Lipinski definition) is 5. The van der Waals surface area contributed by atoms with Gasteiger partial charge < -0.3 is 15.4 Å². The van der Waals surface area contributed by atoms with Gasteiger partial charge in [0, 0.05) is 36.9 Å². The molecule has 0 radical (unpaired) electrons. The van der Waals surface area contributed by atoms with Gasteiger partial charge in [0.05, 0.1) is 11.6 Å². The number of aromatic nitrogens is 1. The van der Waals surface area contributed by atoms with Crippen LogP contribution in [0.3, 0.4) is 0 Å². The van der Waals surface area contributed by atoms with Gasteiger partial charge in [0.1, 0.15) is 0 Å². The Kier molecular flexibility index (Phi) is 5.10. The second kappa shape index (κ2) is 6.82. The third-order valence-electron chi connectivity index (χ3n) is 2.84. The van der Waals surface area contributed by atoms with Crippen LogP contribution in [0.25, 0.3) is 0 Å². The highest BCUT2D eigenvalue weighted by atomic mass is 32.1. The van der Waals surface area contributed by atoms with Crippen molar-refractivity contribution in [3.05, 3.63) is 16.1 Å². The molecule has 2 heterocycles. The minimum atomic E-state index is 0.0585. The molecule has 5 nitrogen and oxygen atoms in total. The monoisotopic (exact) mass is 269 g/mol. The van der Waals surface area contributed by atoms with Crippen LogP contribution in [0.15, 0.2) is 6.20 Å². The van der Waals surface area contributed by atoms with Crippen LogP contribution in [-0.4, -0.2) is 36.7 Å². The molecule has 0 aromatic carbocycles. The SMILES string of the molecule is Cc1ncc(CNCC(=O)NC2CCOCC2)s1. The van der Waals surface area contributed by atoms with E-state index in [2.05, 4.69) is 15.6 Å². The van der Waals surface area contributed by atoms with E-state index in [1.54, 1.807) is 11.3 Å². The van der Waals surface area contributed by atoms with Crippen molar-refractivity contribution in [3.8, 4) is 0 Å². The smallest absolute Gasteiger partial charge is 0.234 e. The van der Waals surface area contributed by atoms with E-state index in [1.807, 2.05) is 13.1 Å². The first-order chi connectivity index (χ1) is 8.74. The highest BCUT2D eigenvalue weighted by molar-refractivity contribution is 7.11. The Balaban J connectivity index is 1.62. The Morgan fingerprint density at radius 1 is 1.56 bits per heavy atom. The first-order valence-corrected chi connectivity index (χ1v) is 7.05. The first kappa shape index (κ1) is 13.5. The number of nitrogens with one attached hydrogen (secondary N) is 2. The summed E-state index contributed by atoms with van der Waals surface area (Å²) in [7, 11) is 0. The summed E-state index contributed by atoms with van der Waals surface area (Å²) in [6.45, 7) is 4.53. The van der Waals surface area contributed by atoms with Crippen LogP contribution >= 0.6 is 11.3 Å². The summed E-state index contributed by atoms with van der Waals surface area (Å²) in [4.78, 5) is 17.0. The molecule has 0 atom stereocenters. The number of nitrogens with zero attached hydrogens (tertiary/aromatic N) is 1. The molecule has 1 aromatic heterocycles. The average Bonchev–Trinajstić information content (AvgIpc) is 2.76. The first-order valence-electron chi connectivity index (χ1n) is 6.23. The number of hydrogen-bond donors (Lipinski definition) is 2. The van der Waals surface area contributed by atoms with Crippen molar-refractivity contribution < 1.29 is 9.53 Å². The van der Waals surface area contributed by atoms with Gasteiger partial charge in [0.2, 0.25) is 5.91 Å². The van der Waals surface area contributed by atoms with Crippen molar-refractivity contribution in [2.75, 3.05) is 19.8 Å². The molecule has 0 bridgehead atoms. The Labute approximate surface area is 111 Å². The predicted molar refractivity (Wildman–Crippen MR) is 70.5 cm³/mol. The van der Waals surface area contributed by atoms with E-state index in [-0.39, 0.29) is 11.9 Å². The lowest BCUT2D eigenvalue weighted by molar-refractivity contribution is -0.121. The maximum Gasteiger partial charge on any atom is 0.234 e. The molecule has 0 unspecified atom stereocenters. The quantitative estimate of drug-likeness (QED) is 0.831. The predicted octanol–water partition coefficient (Wildman–Crippen LogP) is 0.836. The van der Waals surface area contributed by atoms with E-state index in [1.165, 1.54) is 0 Å². The fraction of sp³-hybridized carbons (Fsp3) is 0.667. The van der Waals surface area contributed by atoms with E-state index in [0.717, 1.165) is 35.9 Å². The Bertz CT molecular complexity index is 388. The average molecular weight is 269 g/mol. The zero-order valence-electron chi connectivity index (χ0n) is 10.6. The molecule has 2 N–H and O–H groups in total. The van der Waals surface area contributed by atoms with Crippen LogP contribution in [0.1, 0.15) is 22.7 Å². The molecule has 0 spiro atoms. The molecule has 2 rings (SSSR count). The van der Waals surface area contributed by atoms with Crippen molar-refractivity contribution in [1.29, 1.82) is 0 Å². The molecule has 1 amide bonds. The number of ether oxygens (including phenoxy) is 1. The van der Waals surface area contributed by atoms with Gasteiger partial charge in [-0.05, 0) is 19.8 Å². The minimum absolute atomic E-state index is 0.0585. The van der Waals surface area contributed by atoms with Crippen LogP contribution in [0.2, 0.25) is 0 Å². The standard InChI is InChI=1S/C12H19N3O2S/c1-9-14-7-11(18-9)6-13-8-12(16)15-10-2-4-17-5-3-10/h7,10,13H,2-6,8H2,1H3,(H,15,16). The van der Waals surface area contributed by atoms with Crippen molar-refractivity contribution in [3.63, 3.8) is 0 Å². The van der Waals surface area contributed by atoms with E-state index in [4.69, 9.17) is 4.74 Å². The highest BCUT2D eigenvalue weighted by Gasteiger charge is 2.15. The number of carbonyl (C=O) groups excluding carboxylic acids is 1. The Morgan fingerprint density at radius 3 is 3.00 bits per heavy atom. The lowest BCUT2D eigenvalue weighted by Crippen LogP contribution is -2.42. The normalized spacial score (nSPS) is 16.7. The van der Waals surface area contributed by atoms with Gasteiger partial charge in [0.25, 0.3) is 0 Å². The fourth-order valence-corrected chi connectivity index (χ4v) is 2.67. The largest absolute Gasteiger partial charge is 0.381 e. The summed E-state index contributed by atoms with van der Waals surface area (Å²) >= 11 is 1.65. The molecule has 1 saturated heterocycles. The molecule has 100 valence electrons. The van der Waals surface area contributed by atoms with E-state index >= 15 is 0 Å². The summed E-state index contributed by atoms with van der Waals surface area (Å²) in [5, 5.41) is 7.20. The molecule has 0 saturated carbocycles. The van der Waals surface area contributed by atoms with E-state index in [9.17, 15) is 4.79 Å². The lowest BCUT2D eigenvalue weighted by Gasteiger charge is -2.23. The number of carbonyl (C=O) groups is 1. The van der Waals surface area contributed by atoms with Gasteiger partial charge in [0.15, 0.2) is 0 Å². The maximum absolute atomic E-state index is 11.7. The van der Waals surface area contributed by atoms with Crippen LogP contribution < -0.4 is 10.6 Å². The Morgan fingerprint density at radius 2 is 2.33 bits per heavy atom. The van der Waals surface area contributed by atoms with Gasteiger partial charge in [-0.2, -0.15) is 0 Å². The zero-order chi connectivity index (χ0) is 12.8. The number of rotatable bonds is 5. The third kappa shape index (κ3) is 4.36. The summed E-state index contributed by atoms with van der Waals surface area (Å²) in [5.41, 5.74) is 0. The summed E-state index contributed by atoms with van der Waals surface area (Å²) in [6, 6.07) is 0.277. The summed E-state index contributed by atoms with van der Waals surface area (Å²) in [5.74, 6) is 0.0585. The fourth-order valence-electron chi connectivity index (χ4n) is 1.91. The van der Waals surface area contributed by atoms with Crippen molar-refractivity contribution in [2.24, 2.45) is 0 Å². The molecule has 6 heteroatoms. The van der Waals surface area contributed by atoms with Crippen LogP contribution in [0, 0.1) is 6.92 Å². The highest BCUT2D eigenvalue weighted by Crippen LogP contribution is 2.10. The van der Waals surface area contributed by atoms with Crippen molar-refractivity contribution >= 4 is 17.2 Å². The van der Waals surface area contributed by atoms with Gasteiger partial charge in [-0.15, -0.1) is 11.3 Å². The summed E-state index contributed by atoms with van der Waals surface area (Å²) in [6.07, 6.45) is 3.68. The maximum atomic E-state index is 11.7. The molecular formula is C12H19N3O2S. The molecule has 1 fully saturated rings. The van der Waals surface area contributed by atoms with Gasteiger partial charge in [-0.1, -0.05) is 0 Å². The van der Waals surface area contributed by atoms with Gasteiger partial charge in [-0.3, -0.25) is 4.79 Å². The lowest BCUT2D eigenvalue weighted by atomic mass is 10.1. The van der Waals surface area contributed by atoms with Crippen molar-refractivity contribution in [1.82, 2.24) is 15.6 Å². The summed E-state index contributed by atoms with van der Waals surface area (Å²) < 4.78 is 5.25. The van der Waals surface area contributed by atoms with Crippen LogP contribution in [0.4, 0.5) is 0 Å². The number of thiazole rings is 1. The molecule has 1 aliphatic heterocycles. The zero-order valence-corrected chi connectivity index (χ0v) is 11.4. The second-order valence-electron chi connectivity index (χ2n) is 4.40. The molecule has 0 aliphatic carbocycles. The van der Waals surface area contributed by atoms with Gasteiger partial charge >= 0.3 is 0 Å². The van der Waals surface area contributed by atoms with Crippen molar-refractivity contribution in [2.45, 2.75) is 32.4 Å². The minimum Gasteiger partial charge on any atom is -0.381 e. The molecular weight excluding hydrogens is 250 g/mol. The topological polar surface area (TPSA) is 63.2 Å². The van der Waals surface area contributed by atoms with E-state index < -0.39 is 0 Å². The molecule has 1 aliphatic rings.